The van der Waals surface area contributed by atoms with Crippen molar-refractivity contribution in [2.24, 2.45) is 0 Å². The summed E-state index contributed by atoms with van der Waals surface area (Å²) in [6.45, 7) is 0.935. The van der Waals surface area contributed by atoms with Gasteiger partial charge in [-0.05, 0) is 31.4 Å². The highest BCUT2D eigenvalue weighted by molar-refractivity contribution is 7.09. The number of thiazole rings is 1. The van der Waals surface area contributed by atoms with E-state index in [-0.39, 0.29) is 0 Å². The zero-order valence-electron chi connectivity index (χ0n) is 12.8. The van der Waals surface area contributed by atoms with E-state index >= 15 is 0 Å². The first kappa shape index (κ1) is 14.5. The maximum atomic E-state index is 4.69. The van der Waals surface area contributed by atoms with Crippen molar-refractivity contribution in [3.8, 4) is 11.4 Å². The molecule has 3 aromatic rings. The van der Waals surface area contributed by atoms with Crippen LogP contribution in [0.3, 0.4) is 0 Å². The monoisotopic (exact) mass is 325 g/mol. The minimum atomic E-state index is 0.424. The summed E-state index contributed by atoms with van der Waals surface area (Å²) in [5, 5.41) is 14.2. The van der Waals surface area contributed by atoms with Crippen LogP contribution in [0, 0.1) is 0 Å². The molecule has 0 aromatic carbocycles. The highest BCUT2D eigenvalue weighted by Gasteiger charge is 2.21. The Kier molecular flexibility index (Phi) is 4.17. The SMILES string of the molecule is c1ccc(-c2csc(CCNC3CCCc4[nH]ncc43)n2)nc1. The number of hydrogen-bond acceptors (Lipinski definition) is 5. The average molecular weight is 325 g/mol. The topological polar surface area (TPSA) is 66.5 Å². The van der Waals surface area contributed by atoms with E-state index in [9.17, 15) is 0 Å². The summed E-state index contributed by atoms with van der Waals surface area (Å²) >= 11 is 1.71. The fourth-order valence-corrected chi connectivity index (χ4v) is 3.88. The lowest BCUT2D eigenvalue weighted by molar-refractivity contribution is 0.461. The molecule has 0 spiro atoms. The highest BCUT2D eigenvalue weighted by atomic mass is 32.1. The number of aromatic amines is 1. The van der Waals surface area contributed by atoms with Gasteiger partial charge in [0.25, 0.3) is 0 Å². The van der Waals surface area contributed by atoms with Crippen LogP contribution in [0.1, 0.15) is 35.1 Å². The number of H-pyrrole nitrogens is 1. The number of rotatable bonds is 5. The van der Waals surface area contributed by atoms with Crippen molar-refractivity contribution >= 4 is 11.3 Å². The van der Waals surface area contributed by atoms with Crippen LogP contribution in [-0.2, 0) is 12.8 Å². The number of aryl methyl sites for hydroxylation is 1. The van der Waals surface area contributed by atoms with Crippen molar-refractivity contribution in [3.05, 3.63) is 52.2 Å². The Morgan fingerprint density at radius 1 is 1.30 bits per heavy atom. The second-order valence-electron chi connectivity index (χ2n) is 5.79. The van der Waals surface area contributed by atoms with Crippen molar-refractivity contribution in [1.82, 2.24) is 25.5 Å². The fourth-order valence-electron chi connectivity index (χ4n) is 3.08. The first-order chi connectivity index (χ1) is 11.4. The van der Waals surface area contributed by atoms with Gasteiger partial charge in [0.05, 0.1) is 22.6 Å². The zero-order chi connectivity index (χ0) is 15.5. The third-order valence-electron chi connectivity index (χ3n) is 4.26. The molecule has 4 rings (SSSR count). The van der Waals surface area contributed by atoms with Gasteiger partial charge >= 0.3 is 0 Å². The van der Waals surface area contributed by atoms with Crippen LogP contribution in [-0.4, -0.2) is 26.7 Å². The van der Waals surface area contributed by atoms with Crippen molar-refractivity contribution in [2.45, 2.75) is 31.7 Å². The van der Waals surface area contributed by atoms with Gasteiger partial charge in [-0.2, -0.15) is 5.10 Å². The standard InChI is InChI=1S/C17H19N5S/c1-2-8-18-15(4-1)16-11-23-17(21-16)7-9-19-13-5-3-6-14-12(13)10-20-22-14/h1-2,4,8,10-11,13,19H,3,5-7,9H2,(H,20,22). The number of fused-ring (bicyclic) bond motifs is 1. The Hall–Kier alpha value is -2.05. The lowest BCUT2D eigenvalue weighted by Gasteiger charge is -2.22. The van der Waals surface area contributed by atoms with Crippen LogP contribution >= 0.6 is 11.3 Å². The average Bonchev–Trinajstić information content (AvgIpc) is 3.25. The van der Waals surface area contributed by atoms with Gasteiger partial charge in [-0.15, -0.1) is 11.3 Å². The molecule has 23 heavy (non-hydrogen) atoms. The van der Waals surface area contributed by atoms with E-state index < -0.39 is 0 Å². The summed E-state index contributed by atoms with van der Waals surface area (Å²) in [5.74, 6) is 0. The van der Waals surface area contributed by atoms with Gasteiger partial charge in [-0.25, -0.2) is 4.98 Å². The van der Waals surface area contributed by atoms with Crippen LogP contribution in [0.25, 0.3) is 11.4 Å². The normalized spacial score (nSPS) is 17.1. The van der Waals surface area contributed by atoms with E-state index in [1.807, 2.05) is 30.6 Å². The molecular weight excluding hydrogens is 306 g/mol. The van der Waals surface area contributed by atoms with E-state index in [0.717, 1.165) is 35.8 Å². The number of hydrogen-bond donors (Lipinski definition) is 2. The van der Waals surface area contributed by atoms with Gasteiger partial charge in [-0.3, -0.25) is 10.1 Å². The molecule has 0 fully saturated rings. The summed E-state index contributed by atoms with van der Waals surface area (Å²) in [5.41, 5.74) is 4.55. The number of nitrogens with one attached hydrogen (secondary N) is 2. The Morgan fingerprint density at radius 3 is 3.22 bits per heavy atom. The smallest absolute Gasteiger partial charge is 0.0998 e. The number of pyridine rings is 1. The maximum Gasteiger partial charge on any atom is 0.0998 e. The molecule has 1 aliphatic rings. The molecule has 118 valence electrons. The highest BCUT2D eigenvalue weighted by Crippen LogP contribution is 2.28. The lowest BCUT2D eigenvalue weighted by Crippen LogP contribution is -2.26. The molecule has 1 aliphatic carbocycles. The van der Waals surface area contributed by atoms with E-state index in [1.165, 1.54) is 24.1 Å². The minimum absolute atomic E-state index is 0.424. The Balaban J connectivity index is 1.35. The summed E-state index contributed by atoms with van der Waals surface area (Å²) in [6, 6.07) is 6.34. The van der Waals surface area contributed by atoms with Gasteiger partial charge in [-0.1, -0.05) is 6.07 Å². The molecule has 5 nitrogen and oxygen atoms in total. The molecule has 1 atom stereocenters. The first-order valence-electron chi connectivity index (χ1n) is 8.01. The zero-order valence-corrected chi connectivity index (χ0v) is 13.6. The summed E-state index contributed by atoms with van der Waals surface area (Å²) in [7, 11) is 0. The molecule has 0 radical (unpaired) electrons. The third kappa shape index (κ3) is 3.18. The third-order valence-corrected chi connectivity index (χ3v) is 5.16. The van der Waals surface area contributed by atoms with E-state index in [2.05, 4.69) is 25.9 Å². The van der Waals surface area contributed by atoms with Gasteiger partial charge in [0.15, 0.2) is 0 Å². The summed E-state index contributed by atoms with van der Waals surface area (Å²) < 4.78 is 0. The van der Waals surface area contributed by atoms with Crippen LogP contribution in [0.15, 0.2) is 36.0 Å². The van der Waals surface area contributed by atoms with Crippen molar-refractivity contribution in [2.75, 3.05) is 6.54 Å². The van der Waals surface area contributed by atoms with E-state index in [1.54, 1.807) is 11.3 Å². The molecule has 2 N–H and O–H groups in total. The predicted octanol–water partition coefficient (Wildman–Crippen LogP) is 3.14. The Bertz CT molecular complexity index is 764. The number of nitrogens with zero attached hydrogens (tertiary/aromatic N) is 3. The Labute approximate surface area is 139 Å². The second kappa shape index (κ2) is 6.60. The minimum Gasteiger partial charge on any atom is -0.309 e. The molecule has 3 aromatic heterocycles. The molecule has 0 amide bonds. The van der Waals surface area contributed by atoms with E-state index in [4.69, 9.17) is 4.98 Å². The first-order valence-corrected chi connectivity index (χ1v) is 8.89. The van der Waals surface area contributed by atoms with Crippen molar-refractivity contribution in [3.63, 3.8) is 0 Å². The largest absolute Gasteiger partial charge is 0.309 e. The molecule has 0 saturated carbocycles. The van der Waals surface area contributed by atoms with Gasteiger partial charge in [0, 0.05) is 41.8 Å². The molecule has 0 aliphatic heterocycles. The summed E-state index contributed by atoms with van der Waals surface area (Å²) in [6.07, 6.45) is 8.24. The van der Waals surface area contributed by atoms with Gasteiger partial charge in [0.2, 0.25) is 0 Å². The Morgan fingerprint density at radius 2 is 2.30 bits per heavy atom. The molecular formula is C17H19N5S. The van der Waals surface area contributed by atoms with Crippen LogP contribution in [0.5, 0.6) is 0 Å². The van der Waals surface area contributed by atoms with Crippen molar-refractivity contribution in [1.29, 1.82) is 0 Å². The molecule has 0 bridgehead atoms. The van der Waals surface area contributed by atoms with Crippen molar-refractivity contribution < 1.29 is 0 Å². The lowest BCUT2D eigenvalue weighted by atomic mass is 9.93. The maximum absolute atomic E-state index is 4.69. The van der Waals surface area contributed by atoms with Gasteiger partial charge < -0.3 is 5.32 Å². The van der Waals surface area contributed by atoms with Gasteiger partial charge in [0.1, 0.15) is 0 Å². The fraction of sp³-hybridized carbons (Fsp3) is 0.353. The molecule has 6 heteroatoms. The van der Waals surface area contributed by atoms with E-state index in [0.29, 0.717) is 6.04 Å². The quantitative estimate of drug-likeness (QED) is 0.756. The number of aromatic nitrogens is 4. The summed E-state index contributed by atoms with van der Waals surface area (Å²) in [4.78, 5) is 9.05. The predicted molar refractivity (Wildman–Crippen MR) is 91.3 cm³/mol. The van der Waals surface area contributed by atoms with Crippen LogP contribution in [0.2, 0.25) is 0 Å². The molecule has 1 unspecified atom stereocenters. The molecule has 0 saturated heterocycles. The second-order valence-corrected chi connectivity index (χ2v) is 6.74. The van der Waals surface area contributed by atoms with Crippen LogP contribution < -0.4 is 5.32 Å². The molecule has 3 heterocycles. The van der Waals surface area contributed by atoms with Crippen LogP contribution in [0.4, 0.5) is 0 Å².